The molecule has 0 radical (unpaired) electrons. The lowest BCUT2D eigenvalue weighted by Crippen LogP contribution is -2.42. The smallest absolute Gasteiger partial charge is 0.0399 e. The van der Waals surface area contributed by atoms with Crippen molar-refractivity contribution in [2.75, 3.05) is 18.0 Å². The highest BCUT2D eigenvalue weighted by Crippen LogP contribution is 2.48. The van der Waals surface area contributed by atoms with E-state index in [1.807, 2.05) is 0 Å². The molecule has 0 aromatic heterocycles. The van der Waals surface area contributed by atoms with E-state index in [-0.39, 0.29) is 0 Å². The van der Waals surface area contributed by atoms with E-state index in [9.17, 15) is 0 Å². The van der Waals surface area contributed by atoms with E-state index in [0.717, 1.165) is 17.8 Å². The standard InChI is InChI=1S/C16H22N2/c17-16-13-6-5-12(9-13)14(16)10-18-8-7-11-3-1-2-4-15(11)18/h1-4,12-14,16H,5-10,17H2. The van der Waals surface area contributed by atoms with E-state index in [0.29, 0.717) is 6.04 Å². The van der Waals surface area contributed by atoms with Crippen molar-refractivity contribution in [2.24, 2.45) is 23.5 Å². The average Bonchev–Trinajstić information content (AvgIpc) is 3.08. The summed E-state index contributed by atoms with van der Waals surface area (Å²) in [5, 5.41) is 0. The van der Waals surface area contributed by atoms with E-state index in [4.69, 9.17) is 5.73 Å². The molecule has 2 nitrogen and oxygen atoms in total. The Morgan fingerprint density at radius 2 is 2.00 bits per heavy atom. The van der Waals surface area contributed by atoms with Crippen molar-refractivity contribution in [3.63, 3.8) is 0 Å². The highest BCUT2D eigenvalue weighted by Gasteiger charge is 2.46. The van der Waals surface area contributed by atoms with Crippen LogP contribution in [0.2, 0.25) is 0 Å². The monoisotopic (exact) mass is 242 g/mol. The van der Waals surface area contributed by atoms with Gasteiger partial charge in [0.15, 0.2) is 0 Å². The fourth-order valence-corrected chi connectivity index (χ4v) is 4.58. The molecular weight excluding hydrogens is 220 g/mol. The molecular formula is C16H22N2. The lowest BCUT2D eigenvalue weighted by molar-refractivity contribution is 0.292. The number of benzene rings is 1. The Hall–Kier alpha value is -1.02. The van der Waals surface area contributed by atoms with Gasteiger partial charge in [-0.25, -0.2) is 0 Å². The molecule has 4 atom stereocenters. The normalized spacial score (nSPS) is 37.3. The molecule has 4 unspecified atom stereocenters. The van der Waals surface area contributed by atoms with Gasteiger partial charge in [0, 0.05) is 24.8 Å². The Balaban J connectivity index is 1.53. The Morgan fingerprint density at radius 1 is 1.17 bits per heavy atom. The SMILES string of the molecule is NC1C2CCC(C2)C1CN1CCc2ccccc21. The third kappa shape index (κ3) is 1.51. The minimum Gasteiger partial charge on any atom is -0.371 e. The van der Waals surface area contributed by atoms with Crippen molar-refractivity contribution < 1.29 is 0 Å². The number of nitrogens with two attached hydrogens (primary N) is 1. The van der Waals surface area contributed by atoms with Crippen molar-refractivity contribution in [3.05, 3.63) is 29.8 Å². The van der Waals surface area contributed by atoms with E-state index in [1.165, 1.54) is 50.0 Å². The van der Waals surface area contributed by atoms with Gasteiger partial charge in [0.1, 0.15) is 0 Å². The highest BCUT2D eigenvalue weighted by molar-refractivity contribution is 5.57. The molecule has 1 aromatic rings. The molecule has 2 bridgehead atoms. The fourth-order valence-electron chi connectivity index (χ4n) is 4.58. The van der Waals surface area contributed by atoms with Crippen LogP contribution in [-0.4, -0.2) is 19.1 Å². The summed E-state index contributed by atoms with van der Waals surface area (Å²) in [7, 11) is 0. The summed E-state index contributed by atoms with van der Waals surface area (Å²) in [5.41, 5.74) is 9.42. The number of rotatable bonds is 2. The molecule has 0 spiro atoms. The van der Waals surface area contributed by atoms with Crippen LogP contribution in [0.5, 0.6) is 0 Å². The first-order chi connectivity index (χ1) is 8.83. The maximum Gasteiger partial charge on any atom is 0.0399 e. The lowest BCUT2D eigenvalue weighted by atomic mass is 9.84. The Labute approximate surface area is 109 Å². The van der Waals surface area contributed by atoms with Gasteiger partial charge >= 0.3 is 0 Å². The number of fused-ring (bicyclic) bond motifs is 3. The van der Waals surface area contributed by atoms with Gasteiger partial charge in [-0.1, -0.05) is 18.2 Å². The van der Waals surface area contributed by atoms with Crippen molar-refractivity contribution in [3.8, 4) is 0 Å². The van der Waals surface area contributed by atoms with Crippen LogP contribution in [0.25, 0.3) is 0 Å². The number of anilines is 1. The summed E-state index contributed by atoms with van der Waals surface area (Å²) in [4.78, 5) is 2.58. The summed E-state index contributed by atoms with van der Waals surface area (Å²) in [6.07, 6.45) is 5.44. The predicted molar refractivity (Wildman–Crippen MR) is 74.7 cm³/mol. The van der Waals surface area contributed by atoms with Crippen LogP contribution in [0.1, 0.15) is 24.8 Å². The lowest BCUT2D eigenvalue weighted by Gasteiger charge is -2.32. The van der Waals surface area contributed by atoms with E-state index < -0.39 is 0 Å². The molecule has 2 N–H and O–H groups in total. The first-order valence-electron chi connectivity index (χ1n) is 7.41. The summed E-state index contributed by atoms with van der Waals surface area (Å²) in [5.74, 6) is 2.49. The predicted octanol–water partition coefficient (Wildman–Crippen LogP) is 2.42. The molecule has 2 fully saturated rings. The van der Waals surface area contributed by atoms with Crippen LogP contribution in [0.15, 0.2) is 24.3 Å². The van der Waals surface area contributed by atoms with Crippen molar-refractivity contribution in [1.82, 2.24) is 0 Å². The summed E-state index contributed by atoms with van der Waals surface area (Å²) in [6, 6.07) is 9.34. The molecule has 2 aliphatic carbocycles. The molecule has 2 saturated carbocycles. The zero-order valence-electron chi connectivity index (χ0n) is 10.9. The van der Waals surface area contributed by atoms with Crippen LogP contribution in [-0.2, 0) is 6.42 Å². The number of para-hydroxylation sites is 1. The molecule has 1 aromatic carbocycles. The van der Waals surface area contributed by atoms with Gasteiger partial charge in [-0.3, -0.25) is 0 Å². The van der Waals surface area contributed by atoms with Gasteiger partial charge in [-0.15, -0.1) is 0 Å². The maximum absolute atomic E-state index is 6.44. The molecule has 0 saturated heterocycles. The summed E-state index contributed by atoms with van der Waals surface area (Å²) >= 11 is 0. The van der Waals surface area contributed by atoms with Gasteiger partial charge in [-0.2, -0.15) is 0 Å². The molecule has 0 amide bonds. The fraction of sp³-hybridized carbons (Fsp3) is 0.625. The first-order valence-corrected chi connectivity index (χ1v) is 7.41. The summed E-state index contributed by atoms with van der Waals surface area (Å²) in [6.45, 7) is 2.39. The van der Waals surface area contributed by atoms with Crippen LogP contribution in [0.4, 0.5) is 5.69 Å². The molecule has 2 heteroatoms. The number of hydrogen-bond donors (Lipinski definition) is 1. The van der Waals surface area contributed by atoms with E-state index in [2.05, 4.69) is 29.2 Å². The van der Waals surface area contributed by atoms with Gasteiger partial charge < -0.3 is 10.6 Å². The number of hydrogen-bond acceptors (Lipinski definition) is 2. The second kappa shape index (κ2) is 3.99. The second-order valence-electron chi connectivity index (χ2n) is 6.40. The molecule has 1 aliphatic heterocycles. The van der Waals surface area contributed by atoms with E-state index in [1.54, 1.807) is 0 Å². The zero-order chi connectivity index (χ0) is 12.1. The number of nitrogens with zero attached hydrogens (tertiary/aromatic N) is 1. The summed E-state index contributed by atoms with van der Waals surface area (Å²) < 4.78 is 0. The molecule has 18 heavy (non-hydrogen) atoms. The highest BCUT2D eigenvalue weighted by atomic mass is 15.2. The minimum absolute atomic E-state index is 0.469. The van der Waals surface area contributed by atoms with Crippen LogP contribution >= 0.6 is 0 Å². The maximum atomic E-state index is 6.44. The van der Waals surface area contributed by atoms with Crippen molar-refractivity contribution in [1.29, 1.82) is 0 Å². The van der Waals surface area contributed by atoms with Gasteiger partial charge in [0.2, 0.25) is 0 Å². The molecule has 3 aliphatic rings. The zero-order valence-corrected chi connectivity index (χ0v) is 10.9. The largest absolute Gasteiger partial charge is 0.371 e. The van der Waals surface area contributed by atoms with Gasteiger partial charge in [-0.05, 0) is 55.1 Å². The van der Waals surface area contributed by atoms with Crippen LogP contribution < -0.4 is 10.6 Å². The van der Waals surface area contributed by atoms with Crippen LogP contribution in [0, 0.1) is 17.8 Å². The molecule has 96 valence electrons. The quantitative estimate of drug-likeness (QED) is 0.863. The third-order valence-electron chi connectivity index (χ3n) is 5.57. The Kier molecular flexibility index (Phi) is 2.41. The second-order valence-corrected chi connectivity index (χ2v) is 6.40. The van der Waals surface area contributed by atoms with Crippen molar-refractivity contribution >= 4 is 5.69 Å². The first kappa shape index (κ1) is 10.9. The van der Waals surface area contributed by atoms with Gasteiger partial charge in [0.25, 0.3) is 0 Å². The Morgan fingerprint density at radius 3 is 2.83 bits per heavy atom. The van der Waals surface area contributed by atoms with Crippen LogP contribution in [0.3, 0.4) is 0 Å². The topological polar surface area (TPSA) is 29.3 Å². The minimum atomic E-state index is 0.469. The Bertz CT molecular complexity index is 454. The average molecular weight is 242 g/mol. The van der Waals surface area contributed by atoms with E-state index >= 15 is 0 Å². The van der Waals surface area contributed by atoms with Crippen molar-refractivity contribution in [2.45, 2.75) is 31.7 Å². The molecule has 4 rings (SSSR count). The van der Waals surface area contributed by atoms with Gasteiger partial charge in [0.05, 0.1) is 0 Å². The molecule has 1 heterocycles. The third-order valence-corrected chi connectivity index (χ3v) is 5.57.